The Morgan fingerprint density at radius 2 is 1.71 bits per heavy atom. The summed E-state index contributed by atoms with van der Waals surface area (Å²) in [5.74, 6) is 6.03. The van der Waals surface area contributed by atoms with Crippen molar-refractivity contribution in [3.63, 3.8) is 0 Å². The number of fused-ring (bicyclic) bond motifs is 1. The first kappa shape index (κ1) is 21.0. The van der Waals surface area contributed by atoms with Crippen LogP contribution in [0.15, 0.2) is 11.8 Å². The lowest BCUT2D eigenvalue weighted by atomic mass is 9.63. The standard InChI is InChI=1S/C28H47N3/c1-2-13-31-25(16-24-10-9-19-5-3-4-6-26(19)30-24)11-12-27(31)22-14-20-7-8-21-17-29-18-23(15-22)28(20)21/h10,19-23,25-30H,2-9,11-18H2,1H3. The highest BCUT2D eigenvalue weighted by Crippen LogP contribution is 2.53. The van der Waals surface area contributed by atoms with Gasteiger partial charge in [0.1, 0.15) is 0 Å². The topological polar surface area (TPSA) is 27.3 Å². The van der Waals surface area contributed by atoms with Crippen LogP contribution in [0.25, 0.3) is 0 Å². The van der Waals surface area contributed by atoms with Crippen LogP contribution in [0.4, 0.5) is 0 Å². The predicted molar refractivity (Wildman–Crippen MR) is 129 cm³/mol. The van der Waals surface area contributed by atoms with Crippen LogP contribution in [0.5, 0.6) is 0 Å². The zero-order chi connectivity index (χ0) is 20.8. The molecule has 0 aromatic rings. The van der Waals surface area contributed by atoms with Crippen molar-refractivity contribution in [3.05, 3.63) is 11.8 Å². The second-order valence-corrected chi connectivity index (χ2v) is 12.3. The third kappa shape index (κ3) is 4.01. The molecule has 5 fully saturated rings. The van der Waals surface area contributed by atoms with Gasteiger partial charge in [-0.15, -0.1) is 0 Å². The van der Waals surface area contributed by atoms with Crippen LogP contribution < -0.4 is 10.6 Å². The number of nitrogens with one attached hydrogen (secondary N) is 2. The number of rotatable bonds is 5. The summed E-state index contributed by atoms with van der Waals surface area (Å²) in [6.07, 6.45) is 21.4. The van der Waals surface area contributed by atoms with Gasteiger partial charge in [0.2, 0.25) is 0 Å². The summed E-state index contributed by atoms with van der Waals surface area (Å²) in [6.45, 7) is 6.36. The van der Waals surface area contributed by atoms with E-state index in [1.807, 2.05) is 0 Å². The summed E-state index contributed by atoms with van der Waals surface area (Å²) in [5, 5.41) is 7.84. The minimum absolute atomic E-state index is 0.787. The minimum atomic E-state index is 0.787. The van der Waals surface area contributed by atoms with Gasteiger partial charge >= 0.3 is 0 Å². The van der Waals surface area contributed by atoms with Gasteiger partial charge in [-0.2, -0.15) is 0 Å². The molecule has 2 N–H and O–H groups in total. The monoisotopic (exact) mass is 425 g/mol. The van der Waals surface area contributed by atoms with E-state index in [-0.39, 0.29) is 0 Å². The van der Waals surface area contributed by atoms with Crippen molar-refractivity contribution < 1.29 is 0 Å². The second-order valence-electron chi connectivity index (χ2n) is 12.3. The van der Waals surface area contributed by atoms with Crippen LogP contribution in [-0.2, 0) is 0 Å². The molecule has 0 bridgehead atoms. The molecule has 3 heterocycles. The molecule has 3 heteroatoms. The Bertz CT molecular complexity index is 659. The molecule has 0 radical (unpaired) electrons. The van der Waals surface area contributed by atoms with Gasteiger partial charge in [-0.25, -0.2) is 0 Å². The molecule has 3 saturated carbocycles. The number of hydrogen-bond donors (Lipinski definition) is 2. The molecule has 0 spiro atoms. The Morgan fingerprint density at radius 1 is 0.871 bits per heavy atom. The summed E-state index contributed by atoms with van der Waals surface area (Å²) >= 11 is 0. The maximum absolute atomic E-state index is 4.02. The van der Waals surface area contributed by atoms with Crippen LogP contribution in [0.3, 0.4) is 0 Å². The molecule has 6 aliphatic rings. The van der Waals surface area contributed by atoms with Gasteiger partial charge < -0.3 is 10.6 Å². The molecular formula is C28H47N3. The first-order valence-corrected chi connectivity index (χ1v) is 14.2. The molecule has 0 aromatic carbocycles. The molecule has 9 unspecified atom stereocenters. The summed E-state index contributed by atoms with van der Waals surface area (Å²) in [5.41, 5.74) is 1.61. The SMILES string of the molecule is CCCN1C(CC2=CCC3CCCCC3N2)CCC1C1CC2CCC3CNCC(C1)C32. The van der Waals surface area contributed by atoms with Gasteiger partial charge in [0, 0.05) is 30.2 Å². The number of likely N-dealkylation sites (tertiary alicyclic amines) is 1. The van der Waals surface area contributed by atoms with Crippen LogP contribution in [0.2, 0.25) is 0 Å². The average Bonchev–Trinajstić information content (AvgIpc) is 3.39. The third-order valence-electron chi connectivity index (χ3n) is 10.7. The molecule has 3 aliphatic carbocycles. The normalized spacial score (nSPS) is 47.4. The van der Waals surface area contributed by atoms with Gasteiger partial charge in [-0.05, 0) is 119 Å². The molecule has 3 aliphatic heterocycles. The number of nitrogens with zero attached hydrogens (tertiary/aromatic N) is 1. The van der Waals surface area contributed by atoms with Gasteiger partial charge in [0.05, 0.1) is 0 Å². The summed E-state index contributed by atoms with van der Waals surface area (Å²) in [4.78, 5) is 3.02. The Morgan fingerprint density at radius 3 is 2.65 bits per heavy atom. The summed E-state index contributed by atoms with van der Waals surface area (Å²) in [6, 6.07) is 2.45. The van der Waals surface area contributed by atoms with E-state index in [4.69, 9.17) is 0 Å². The predicted octanol–water partition coefficient (Wildman–Crippen LogP) is 5.33. The minimum Gasteiger partial charge on any atom is -0.386 e. The van der Waals surface area contributed by atoms with Crippen molar-refractivity contribution in [2.24, 2.45) is 35.5 Å². The van der Waals surface area contributed by atoms with Crippen molar-refractivity contribution >= 4 is 0 Å². The summed E-state index contributed by atoms with van der Waals surface area (Å²) < 4.78 is 0. The van der Waals surface area contributed by atoms with Crippen LogP contribution >= 0.6 is 0 Å². The Labute approximate surface area is 191 Å². The van der Waals surface area contributed by atoms with Gasteiger partial charge in [-0.1, -0.05) is 25.8 Å². The van der Waals surface area contributed by atoms with Crippen molar-refractivity contribution in [2.75, 3.05) is 19.6 Å². The molecule has 2 saturated heterocycles. The van der Waals surface area contributed by atoms with E-state index in [1.165, 1.54) is 96.7 Å². The van der Waals surface area contributed by atoms with E-state index in [0.717, 1.165) is 53.6 Å². The average molecular weight is 426 g/mol. The highest BCUT2D eigenvalue weighted by molar-refractivity contribution is 5.12. The fourth-order valence-electron chi connectivity index (χ4n) is 9.46. The van der Waals surface area contributed by atoms with Crippen LogP contribution in [-0.4, -0.2) is 42.7 Å². The number of hydrogen-bond acceptors (Lipinski definition) is 3. The lowest BCUT2D eigenvalue weighted by Gasteiger charge is -2.47. The zero-order valence-corrected chi connectivity index (χ0v) is 20.0. The lowest BCUT2D eigenvalue weighted by Crippen LogP contribution is -2.50. The van der Waals surface area contributed by atoms with Crippen molar-refractivity contribution in [3.8, 4) is 0 Å². The largest absolute Gasteiger partial charge is 0.386 e. The highest BCUT2D eigenvalue weighted by Gasteiger charge is 2.50. The van der Waals surface area contributed by atoms with Crippen molar-refractivity contribution in [2.45, 2.75) is 109 Å². The molecule has 9 atom stereocenters. The van der Waals surface area contributed by atoms with Gasteiger partial charge in [0.25, 0.3) is 0 Å². The number of piperidine rings is 1. The molecular weight excluding hydrogens is 378 g/mol. The lowest BCUT2D eigenvalue weighted by molar-refractivity contribution is 0.0309. The Kier molecular flexibility index (Phi) is 6.11. The number of allylic oxidation sites excluding steroid dienone is 1. The smallest absolute Gasteiger partial charge is 0.0289 e. The van der Waals surface area contributed by atoms with Gasteiger partial charge in [0.15, 0.2) is 0 Å². The Balaban J connectivity index is 1.13. The van der Waals surface area contributed by atoms with Crippen LogP contribution in [0, 0.1) is 35.5 Å². The zero-order valence-electron chi connectivity index (χ0n) is 20.0. The highest BCUT2D eigenvalue weighted by atomic mass is 15.2. The van der Waals surface area contributed by atoms with E-state index in [0.29, 0.717) is 0 Å². The van der Waals surface area contributed by atoms with Crippen molar-refractivity contribution in [1.82, 2.24) is 15.5 Å². The van der Waals surface area contributed by atoms with Crippen LogP contribution in [0.1, 0.15) is 90.4 Å². The first-order chi connectivity index (χ1) is 15.3. The molecule has 6 rings (SSSR count). The second kappa shape index (κ2) is 9.01. The Hall–Kier alpha value is -0.540. The molecule has 31 heavy (non-hydrogen) atoms. The first-order valence-electron chi connectivity index (χ1n) is 14.2. The van der Waals surface area contributed by atoms with E-state index in [1.54, 1.807) is 12.1 Å². The molecule has 3 nitrogen and oxygen atoms in total. The van der Waals surface area contributed by atoms with E-state index in [9.17, 15) is 0 Å². The van der Waals surface area contributed by atoms with Crippen molar-refractivity contribution in [1.29, 1.82) is 0 Å². The maximum atomic E-state index is 4.02. The van der Waals surface area contributed by atoms with E-state index >= 15 is 0 Å². The quantitative estimate of drug-likeness (QED) is 0.624. The third-order valence-corrected chi connectivity index (χ3v) is 10.7. The van der Waals surface area contributed by atoms with E-state index in [2.05, 4.69) is 28.5 Å². The fourth-order valence-corrected chi connectivity index (χ4v) is 9.46. The van der Waals surface area contributed by atoms with Gasteiger partial charge in [-0.3, -0.25) is 4.90 Å². The maximum Gasteiger partial charge on any atom is 0.0289 e. The molecule has 0 amide bonds. The molecule has 0 aromatic heterocycles. The molecule has 174 valence electrons. The fraction of sp³-hybridized carbons (Fsp3) is 0.929. The summed E-state index contributed by atoms with van der Waals surface area (Å²) in [7, 11) is 0. The van der Waals surface area contributed by atoms with E-state index < -0.39 is 0 Å².